The van der Waals surface area contributed by atoms with E-state index in [0.717, 1.165) is 13.0 Å². The number of Topliss-reactive ketones (excluding diaryl/α,β-unsaturated/α-hetero) is 1. The standard InChI is InChI=1S/C16H22FNO/c1-18(15-5-2-3-6-15)12-4-7-16(19)13-8-10-14(17)11-9-13/h8-11,15H,2-7,12H2,1H3. The first-order valence-electron chi connectivity index (χ1n) is 7.16. The number of halogens is 1. The third kappa shape index (κ3) is 4.13. The minimum atomic E-state index is -0.294. The molecule has 1 aromatic rings. The quantitative estimate of drug-likeness (QED) is 0.730. The van der Waals surface area contributed by atoms with Crippen LogP contribution in [0.4, 0.5) is 4.39 Å². The first-order valence-corrected chi connectivity index (χ1v) is 7.16. The van der Waals surface area contributed by atoms with Gasteiger partial charge in [-0.1, -0.05) is 12.8 Å². The molecule has 1 aliphatic carbocycles. The average Bonchev–Trinajstić information content (AvgIpc) is 2.93. The van der Waals surface area contributed by atoms with Gasteiger partial charge in [0, 0.05) is 18.0 Å². The zero-order valence-electron chi connectivity index (χ0n) is 11.6. The van der Waals surface area contributed by atoms with E-state index in [2.05, 4.69) is 11.9 Å². The van der Waals surface area contributed by atoms with Crippen LogP contribution in [0.15, 0.2) is 24.3 Å². The zero-order chi connectivity index (χ0) is 13.7. The van der Waals surface area contributed by atoms with E-state index in [1.807, 2.05) is 0 Å². The van der Waals surface area contributed by atoms with E-state index in [0.29, 0.717) is 18.0 Å². The van der Waals surface area contributed by atoms with Crippen LogP contribution >= 0.6 is 0 Å². The summed E-state index contributed by atoms with van der Waals surface area (Å²) >= 11 is 0. The van der Waals surface area contributed by atoms with Gasteiger partial charge in [-0.3, -0.25) is 4.79 Å². The molecule has 19 heavy (non-hydrogen) atoms. The predicted octanol–water partition coefficient (Wildman–Crippen LogP) is 3.66. The highest BCUT2D eigenvalue weighted by molar-refractivity contribution is 5.95. The summed E-state index contributed by atoms with van der Waals surface area (Å²) in [7, 11) is 2.15. The summed E-state index contributed by atoms with van der Waals surface area (Å²) in [4.78, 5) is 14.3. The molecule has 2 nitrogen and oxygen atoms in total. The molecule has 0 amide bonds. The fraction of sp³-hybridized carbons (Fsp3) is 0.562. The highest BCUT2D eigenvalue weighted by atomic mass is 19.1. The Morgan fingerprint density at radius 3 is 2.53 bits per heavy atom. The molecular weight excluding hydrogens is 241 g/mol. The third-order valence-corrected chi connectivity index (χ3v) is 4.03. The van der Waals surface area contributed by atoms with Crippen LogP contribution < -0.4 is 0 Å². The van der Waals surface area contributed by atoms with Gasteiger partial charge in [0.25, 0.3) is 0 Å². The van der Waals surface area contributed by atoms with E-state index in [1.165, 1.54) is 37.8 Å². The van der Waals surface area contributed by atoms with Gasteiger partial charge in [-0.15, -0.1) is 0 Å². The van der Waals surface area contributed by atoms with E-state index in [-0.39, 0.29) is 11.6 Å². The smallest absolute Gasteiger partial charge is 0.162 e. The van der Waals surface area contributed by atoms with Crippen molar-refractivity contribution in [2.75, 3.05) is 13.6 Å². The van der Waals surface area contributed by atoms with Crippen LogP contribution in [0.5, 0.6) is 0 Å². The van der Waals surface area contributed by atoms with Crippen LogP contribution in [0.25, 0.3) is 0 Å². The number of nitrogens with zero attached hydrogens (tertiary/aromatic N) is 1. The molecule has 1 aromatic carbocycles. The van der Waals surface area contributed by atoms with Gasteiger partial charge in [-0.2, -0.15) is 0 Å². The van der Waals surface area contributed by atoms with Gasteiger partial charge in [0.1, 0.15) is 5.82 Å². The van der Waals surface area contributed by atoms with Crippen LogP contribution in [-0.2, 0) is 0 Å². The molecule has 2 rings (SSSR count). The van der Waals surface area contributed by atoms with Crippen molar-refractivity contribution in [3.05, 3.63) is 35.6 Å². The molecule has 0 unspecified atom stereocenters. The molecule has 0 spiro atoms. The predicted molar refractivity (Wildman–Crippen MR) is 74.9 cm³/mol. The summed E-state index contributed by atoms with van der Waals surface area (Å²) in [5, 5.41) is 0. The van der Waals surface area contributed by atoms with Crippen molar-refractivity contribution >= 4 is 5.78 Å². The number of carbonyl (C=O) groups is 1. The molecule has 0 saturated heterocycles. The molecule has 1 saturated carbocycles. The second-order valence-electron chi connectivity index (χ2n) is 5.45. The molecule has 0 aromatic heterocycles. The topological polar surface area (TPSA) is 20.3 Å². The molecule has 1 aliphatic rings. The monoisotopic (exact) mass is 263 g/mol. The van der Waals surface area contributed by atoms with Crippen LogP contribution in [0.2, 0.25) is 0 Å². The van der Waals surface area contributed by atoms with E-state index in [9.17, 15) is 9.18 Å². The Bertz CT molecular complexity index is 409. The van der Waals surface area contributed by atoms with Crippen molar-refractivity contribution in [2.45, 2.75) is 44.6 Å². The highest BCUT2D eigenvalue weighted by Crippen LogP contribution is 2.22. The molecule has 0 atom stereocenters. The Labute approximate surface area is 114 Å². The molecule has 0 aliphatic heterocycles. The summed E-state index contributed by atoms with van der Waals surface area (Å²) < 4.78 is 12.8. The van der Waals surface area contributed by atoms with Gasteiger partial charge in [0.05, 0.1) is 0 Å². The number of ketones is 1. The lowest BCUT2D eigenvalue weighted by atomic mass is 10.1. The molecule has 0 bridgehead atoms. The number of carbonyl (C=O) groups excluding carboxylic acids is 1. The lowest BCUT2D eigenvalue weighted by Gasteiger charge is -2.23. The minimum Gasteiger partial charge on any atom is -0.303 e. The first-order chi connectivity index (χ1) is 9.16. The van der Waals surface area contributed by atoms with Crippen molar-refractivity contribution in [2.24, 2.45) is 0 Å². The molecule has 104 valence electrons. The summed E-state index contributed by atoms with van der Waals surface area (Å²) in [5.41, 5.74) is 0.616. The molecule has 1 fully saturated rings. The van der Waals surface area contributed by atoms with E-state index in [1.54, 1.807) is 12.1 Å². The van der Waals surface area contributed by atoms with Gasteiger partial charge < -0.3 is 4.90 Å². The Hall–Kier alpha value is -1.22. The van der Waals surface area contributed by atoms with Crippen molar-refractivity contribution in [1.29, 1.82) is 0 Å². The Morgan fingerprint density at radius 1 is 1.26 bits per heavy atom. The van der Waals surface area contributed by atoms with E-state index >= 15 is 0 Å². The Balaban J connectivity index is 1.73. The number of benzene rings is 1. The fourth-order valence-corrected chi connectivity index (χ4v) is 2.80. The Kier molecular flexibility index (Phi) is 5.08. The van der Waals surface area contributed by atoms with Crippen molar-refractivity contribution in [3.63, 3.8) is 0 Å². The van der Waals surface area contributed by atoms with Gasteiger partial charge in [-0.25, -0.2) is 4.39 Å². The number of hydrogen-bond donors (Lipinski definition) is 0. The molecule has 0 N–H and O–H groups in total. The summed E-state index contributed by atoms with van der Waals surface area (Å²) in [6, 6.07) is 6.54. The van der Waals surface area contributed by atoms with Crippen LogP contribution in [0.1, 0.15) is 48.9 Å². The maximum absolute atomic E-state index is 12.8. The van der Waals surface area contributed by atoms with E-state index < -0.39 is 0 Å². The van der Waals surface area contributed by atoms with Crippen LogP contribution in [-0.4, -0.2) is 30.3 Å². The fourth-order valence-electron chi connectivity index (χ4n) is 2.80. The molecule has 3 heteroatoms. The summed E-state index contributed by atoms with van der Waals surface area (Å²) in [5.74, 6) is -0.183. The molecule has 0 radical (unpaired) electrons. The summed E-state index contributed by atoms with van der Waals surface area (Å²) in [6.07, 6.45) is 6.68. The Morgan fingerprint density at radius 2 is 1.89 bits per heavy atom. The van der Waals surface area contributed by atoms with Gasteiger partial charge >= 0.3 is 0 Å². The second kappa shape index (κ2) is 6.80. The third-order valence-electron chi connectivity index (χ3n) is 4.03. The van der Waals surface area contributed by atoms with Crippen molar-refractivity contribution in [3.8, 4) is 0 Å². The number of hydrogen-bond acceptors (Lipinski definition) is 2. The maximum Gasteiger partial charge on any atom is 0.162 e. The number of rotatable bonds is 6. The lowest BCUT2D eigenvalue weighted by Crippen LogP contribution is -2.30. The van der Waals surface area contributed by atoms with Crippen molar-refractivity contribution in [1.82, 2.24) is 4.90 Å². The highest BCUT2D eigenvalue weighted by Gasteiger charge is 2.19. The van der Waals surface area contributed by atoms with E-state index in [4.69, 9.17) is 0 Å². The maximum atomic E-state index is 12.8. The zero-order valence-corrected chi connectivity index (χ0v) is 11.6. The molecule has 0 heterocycles. The van der Waals surface area contributed by atoms with Gasteiger partial charge in [0.2, 0.25) is 0 Å². The van der Waals surface area contributed by atoms with Gasteiger partial charge in [0.15, 0.2) is 5.78 Å². The lowest BCUT2D eigenvalue weighted by molar-refractivity contribution is 0.0973. The average molecular weight is 263 g/mol. The first kappa shape index (κ1) is 14.2. The summed E-state index contributed by atoms with van der Waals surface area (Å²) in [6.45, 7) is 0.970. The van der Waals surface area contributed by atoms with Crippen LogP contribution in [0, 0.1) is 5.82 Å². The SMILES string of the molecule is CN(CCCC(=O)c1ccc(F)cc1)C1CCCC1. The molecular formula is C16H22FNO. The van der Waals surface area contributed by atoms with Crippen molar-refractivity contribution < 1.29 is 9.18 Å². The normalized spacial score (nSPS) is 16.2. The van der Waals surface area contributed by atoms with Gasteiger partial charge in [-0.05, 0) is 57.1 Å². The minimum absolute atomic E-state index is 0.111. The largest absolute Gasteiger partial charge is 0.303 e. The second-order valence-corrected chi connectivity index (χ2v) is 5.45. The van der Waals surface area contributed by atoms with Crippen LogP contribution in [0.3, 0.4) is 0 Å².